The molecule has 0 atom stereocenters. The fraction of sp³-hybridized carbons (Fsp3) is 0.250. The van der Waals surface area contributed by atoms with Gasteiger partial charge in [0.05, 0.1) is 17.7 Å². The van der Waals surface area contributed by atoms with E-state index in [1.807, 2.05) is 62.4 Å². The molecule has 4 rings (SSSR count). The Morgan fingerprint density at radius 3 is 2.59 bits per heavy atom. The summed E-state index contributed by atoms with van der Waals surface area (Å²) in [5.41, 5.74) is 1.23. The minimum absolute atomic E-state index is 0.242. The monoisotopic (exact) mass is 449 g/mol. The van der Waals surface area contributed by atoms with Crippen LogP contribution >= 0.6 is 11.3 Å². The number of thiazole rings is 1. The molecule has 0 aliphatic carbocycles. The van der Waals surface area contributed by atoms with Crippen LogP contribution in [0.2, 0.25) is 0 Å². The van der Waals surface area contributed by atoms with Crippen LogP contribution in [-0.2, 0) is 6.42 Å². The van der Waals surface area contributed by atoms with Gasteiger partial charge in [-0.25, -0.2) is 0 Å². The van der Waals surface area contributed by atoms with E-state index in [-0.39, 0.29) is 16.2 Å². The first-order valence-electron chi connectivity index (χ1n) is 10.5. The minimum Gasteiger partial charge on any atom is -0.490 e. The third-order valence-corrected chi connectivity index (χ3v) is 5.65. The van der Waals surface area contributed by atoms with Crippen molar-refractivity contribution in [3.05, 3.63) is 90.6 Å². The molecule has 0 unspecified atom stereocenters. The molecule has 0 N–H and O–H groups in total. The van der Waals surface area contributed by atoms with Gasteiger partial charge in [-0.15, -0.1) is 0 Å². The van der Waals surface area contributed by atoms with Gasteiger partial charge in [0, 0.05) is 6.42 Å². The van der Waals surface area contributed by atoms with E-state index < -0.39 is 5.56 Å². The van der Waals surface area contributed by atoms with Crippen molar-refractivity contribution >= 4 is 22.4 Å². The topological polar surface area (TPSA) is 82.8 Å². The third-order valence-electron chi connectivity index (χ3n) is 4.69. The summed E-state index contributed by atoms with van der Waals surface area (Å²) in [6, 6.07) is 15.0. The van der Waals surface area contributed by atoms with Crippen molar-refractivity contribution in [1.82, 2.24) is 14.6 Å². The van der Waals surface area contributed by atoms with E-state index in [2.05, 4.69) is 10.1 Å². The first-order chi connectivity index (χ1) is 15.6. The number of benzene rings is 2. The van der Waals surface area contributed by atoms with E-state index in [1.165, 1.54) is 4.52 Å². The number of ether oxygens (including phenoxy) is 2. The lowest BCUT2D eigenvalue weighted by atomic mass is 10.1. The molecule has 7 nitrogen and oxygen atoms in total. The van der Waals surface area contributed by atoms with Crippen LogP contribution < -0.4 is 25.1 Å². The third kappa shape index (κ3) is 4.70. The highest BCUT2D eigenvalue weighted by Gasteiger charge is 2.12. The summed E-state index contributed by atoms with van der Waals surface area (Å²) in [4.78, 5) is 29.7. The van der Waals surface area contributed by atoms with Crippen LogP contribution in [0.25, 0.3) is 11.0 Å². The fourth-order valence-electron chi connectivity index (χ4n) is 3.21. The van der Waals surface area contributed by atoms with Gasteiger partial charge >= 0.3 is 0 Å². The quantitative estimate of drug-likeness (QED) is 0.411. The number of fused-ring (bicyclic) bond motifs is 1. The second-order valence-electron chi connectivity index (χ2n) is 7.12. The molecule has 0 fully saturated rings. The Hall–Kier alpha value is -3.52. The molecule has 2 aromatic carbocycles. The lowest BCUT2D eigenvalue weighted by molar-refractivity contribution is 0.277. The van der Waals surface area contributed by atoms with Crippen LogP contribution in [0.5, 0.6) is 11.5 Å². The molecule has 0 spiro atoms. The Labute approximate surface area is 188 Å². The van der Waals surface area contributed by atoms with Gasteiger partial charge in [0.1, 0.15) is 5.69 Å². The number of rotatable bonds is 8. The predicted octanol–water partition coefficient (Wildman–Crippen LogP) is 2.84. The smallest absolute Gasteiger partial charge is 0.296 e. The molecular formula is C24H23N3O4S. The van der Waals surface area contributed by atoms with E-state index in [4.69, 9.17) is 9.47 Å². The maximum absolute atomic E-state index is 12.9. The maximum atomic E-state index is 12.9. The molecule has 0 saturated carbocycles. The van der Waals surface area contributed by atoms with Gasteiger partial charge < -0.3 is 9.47 Å². The normalized spacial score (nSPS) is 11.8. The molecule has 32 heavy (non-hydrogen) atoms. The van der Waals surface area contributed by atoms with Crippen molar-refractivity contribution in [1.29, 1.82) is 0 Å². The number of nitrogens with zero attached hydrogens (tertiary/aromatic N) is 3. The van der Waals surface area contributed by atoms with Crippen molar-refractivity contribution in [2.75, 3.05) is 13.2 Å². The van der Waals surface area contributed by atoms with Crippen molar-refractivity contribution in [2.24, 2.45) is 0 Å². The molecule has 0 saturated heterocycles. The molecule has 164 valence electrons. The lowest BCUT2D eigenvalue weighted by Crippen LogP contribution is -2.28. The Morgan fingerprint density at radius 2 is 1.84 bits per heavy atom. The first kappa shape index (κ1) is 21.7. The molecule has 0 aliphatic rings. The maximum Gasteiger partial charge on any atom is 0.296 e. The minimum atomic E-state index is -0.419. The van der Waals surface area contributed by atoms with Crippen LogP contribution in [-0.4, -0.2) is 27.8 Å². The van der Waals surface area contributed by atoms with Crippen molar-refractivity contribution in [3.8, 4) is 11.5 Å². The molecule has 4 aromatic rings. The number of hydrogen-bond donors (Lipinski definition) is 0. The highest BCUT2D eigenvalue weighted by Crippen LogP contribution is 2.29. The zero-order valence-electron chi connectivity index (χ0n) is 17.9. The molecule has 8 heteroatoms. The van der Waals surface area contributed by atoms with E-state index >= 15 is 0 Å². The predicted molar refractivity (Wildman–Crippen MR) is 125 cm³/mol. The molecule has 0 amide bonds. The lowest BCUT2D eigenvalue weighted by Gasteiger charge is -2.11. The summed E-state index contributed by atoms with van der Waals surface area (Å²) in [6.07, 6.45) is 2.96. The fourth-order valence-corrected chi connectivity index (χ4v) is 4.11. The average Bonchev–Trinajstić information content (AvgIpc) is 3.08. The molecule has 0 bridgehead atoms. The Bertz CT molecular complexity index is 1400. The van der Waals surface area contributed by atoms with E-state index in [0.29, 0.717) is 35.7 Å². The summed E-state index contributed by atoms with van der Waals surface area (Å²) in [6.45, 7) is 5.05. The Morgan fingerprint density at radius 1 is 1.03 bits per heavy atom. The van der Waals surface area contributed by atoms with Gasteiger partial charge in [0.15, 0.2) is 11.5 Å². The van der Waals surface area contributed by atoms with Crippen molar-refractivity contribution < 1.29 is 9.47 Å². The second-order valence-corrected chi connectivity index (χ2v) is 8.13. The van der Waals surface area contributed by atoms with E-state index in [1.54, 1.807) is 6.08 Å². The van der Waals surface area contributed by atoms with Crippen molar-refractivity contribution in [2.45, 2.75) is 26.7 Å². The van der Waals surface area contributed by atoms with Gasteiger partial charge in [-0.1, -0.05) is 54.7 Å². The zero-order chi connectivity index (χ0) is 22.5. The molecule has 2 aromatic heterocycles. The van der Waals surface area contributed by atoms with E-state index in [9.17, 15) is 9.59 Å². The Balaban J connectivity index is 1.73. The van der Waals surface area contributed by atoms with Crippen LogP contribution in [0.15, 0.2) is 58.1 Å². The number of aromatic nitrogens is 3. The summed E-state index contributed by atoms with van der Waals surface area (Å²) >= 11 is 1.13. The molecule has 0 radical (unpaired) electrons. The van der Waals surface area contributed by atoms with Crippen molar-refractivity contribution in [3.63, 3.8) is 0 Å². The van der Waals surface area contributed by atoms with Crippen LogP contribution in [0.3, 0.4) is 0 Å². The summed E-state index contributed by atoms with van der Waals surface area (Å²) in [5.74, 6) is 1.29. The zero-order valence-corrected chi connectivity index (χ0v) is 18.7. The second kappa shape index (κ2) is 9.74. The molecular weight excluding hydrogens is 426 g/mol. The van der Waals surface area contributed by atoms with Crippen LogP contribution in [0.1, 0.15) is 37.1 Å². The van der Waals surface area contributed by atoms with E-state index in [0.717, 1.165) is 28.9 Å². The highest BCUT2D eigenvalue weighted by atomic mass is 32.1. The van der Waals surface area contributed by atoms with Gasteiger partial charge in [-0.05, 0) is 42.7 Å². The highest BCUT2D eigenvalue weighted by molar-refractivity contribution is 7.15. The van der Waals surface area contributed by atoms with Crippen LogP contribution in [0.4, 0.5) is 0 Å². The summed E-state index contributed by atoms with van der Waals surface area (Å²) in [5, 5.41) is 4.30. The summed E-state index contributed by atoms with van der Waals surface area (Å²) in [7, 11) is 0. The van der Waals surface area contributed by atoms with Gasteiger partial charge in [0.2, 0.25) is 4.96 Å². The Kier molecular flexibility index (Phi) is 6.61. The van der Waals surface area contributed by atoms with Crippen LogP contribution in [0, 0.1) is 0 Å². The summed E-state index contributed by atoms with van der Waals surface area (Å²) < 4.78 is 13.1. The molecule has 0 aliphatic heterocycles. The SMILES string of the molecule is CCCOc1ccc(C=c2sc3nc(=O)c(Cc4ccccc4)nn3c2=O)cc1OCC. The first-order valence-corrected chi connectivity index (χ1v) is 11.3. The number of hydrogen-bond acceptors (Lipinski definition) is 7. The largest absolute Gasteiger partial charge is 0.490 e. The molecule has 2 heterocycles. The average molecular weight is 450 g/mol. The standard InChI is InChI=1S/C24H23N3O4S/c1-3-12-31-19-11-10-17(14-20(19)30-4-2)15-21-23(29)27-24(32-21)25-22(28)18(26-27)13-16-8-6-5-7-9-16/h5-11,14-15H,3-4,12-13H2,1-2H3. The van der Waals surface area contributed by atoms with Gasteiger partial charge in [0.25, 0.3) is 11.1 Å². The van der Waals surface area contributed by atoms with Gasteiger partial charge in [-0.3, -0.25) is 9.59 Å². The van der Waals surface area contributed by atoms with Gasteiger partial charge in [-0.2, -0.15) is 14.6 Å².